The SMILES string of the molecule is CC(=O)c1ccc(S(=O)(=O)NC(N)=O)cc1. The second-order valence-electron chi connectivity index (χ2n) is 3.05. The highest BCUT2D eigenvalue weighted by Gasteiger charge is 2.15. The number of primary amides is 1. The van der Waals surface area contributed by atoms with Gasteiger partial charge in [0.05, 0.1) is 4.90 Å². The largest absolute Gasteiger partial charge is 0.351 e. The summed E-state index contributed by atoms with van der Waals surface area (Å²) in [4.78, 5) is 21.3. The van der Waals surface area contributed by atoms with Crippen molar-refractivity contribution in [1.82, 2.24) is 4.72 Å². The van der Waals surface area contributed by atoms with Crippen LogP contribution < -0.4 is 10.5 Å². The summed E-state index contributed by atoms with van der Waals surface area (Å²) < 4.78 is 24.5. The first-order chi connectivity index (χ1) is 7.33. The second-order valence-corrected chi connectivity index (χ2v) is 4.73. The van der Waals surface area contributed by atoms with Gasteiger partial charge >= 0.3 is 6.03 Å². The Balaban J connectivity index is 3.07. The van der Waals surface area contributed by atoms with E-state index in [9.17, 15) is 18.0 Å². The number of hydrogen-bond donors (Lipinski definition) is 2. The number of hydrogen-bond acceptors (Lipinski definition) is 4. The molecule has 0 bridgehead atoms. The highest BCUT2D eigenvalue weighted by atomic mass is 32.2. The van der Waals surface area contributed by atoms with Crippen LogP contribution in [0.2, 0.25) is 0 Å². The van der Waals surface area contributed by atoms with E-state index in [4.69, 9.17) is 5.73 Å². The molecule has 3 N–H and O–H groups in total. The third-order valence-electron chi connectivity index (χ3n) is 1.81. The summed E-state index contributed by atoms with van der Waals surface area (Å²) in [5.74, 6) is -0.174. The summed E-state index contributed by atoms with van der Waals surface area (Å²) in [6, 6.07) is 4.01. The average Bonchev–Trinajstić information content (AvgIpc) is 2.16. The van der Waals surface area contributed by atoms with E-state index in [0.717, 1.165) is 0 Å². The van der Waals surface area contributed by atoms with Crippen molar-refractivity contribution in [3.8, 4) is 0 Å². The minimum absolute atomic E-state index is 0.128. The van der Waals surface area contributed by atoms with Gasteiger partial charge in [0.25, 0.3) is 10.0 Å². The van der Waals surface area contributed by atoms with Gasteiger partial charge in [-0.3, -0.25) is 4.79 Å². The summed E-state index contributed by atoms with van der Waals surface area (Å²) in [7, 11) is -3.94. The van der Waals surface area contributed by atoms with Crippen LogP contribution in [0.1, 0.15) is 17.3 Å². The molecule has 0 spiro atoms. The van der Waals surface area contributed by atoms with Crippen molar-refractivity contribution in [2.45, 2.75) is 11.8 Å². The molecule has 0 aliphatic carbocycles. The van der Waals surface area contributed by atoms with Gasteiger partial charge in [0.15, 0.2) is 5.78 Å². The first kappa shape index (κ1) is 12.2. The van der Waals surface area contributed by atoms with E-state index < -0.39 is 16.1 Å². The first-order valence-corrected chi connectivity index (χ1v) is 5.74. The molecule has 1 rings (SSSR count). The maximum Gasteiger partial charge on any atom is 0.326 e. The van der Waals surface area contributed by atoms with Crippen LogP contribution in [0.4, 0.5) is 4.79 Å². The van der Waals surface area contributed by atoms with E-state index in [2.05, 4.69) is 0 Å². The van der Waals surface area contributed by atoms with E-state index in [1.165, 1.54) is 31.2 Å². The fourth-order valence-electron chi connectivity index (χ4n) is 1.06. The number of nitrogens with two attached hydrogens (primary N) is 1. The van der Waals surface area contributed by atoms with Crippen LogP contribution in [0.25, 0.3) is 0 Å². The van der Waals surface area contributed by atoms with E-state index in [1.54, 1.807) is 4.72 Å². The van der Waals surface area contributed by atoms with Crippen LogP contribution in [0.5, 0.6) is 0 Å². The Bertz CT molecular complexity index is 519. The van der Waals surface area contributed by atoms with Crippen molar-refractivity contribution in [1.29, 1.82) is 0 Å². The van der Waals surface area contributed by atoms with Gasteiger partial charge in [-0.1, -0.05) is 12.1 Å². The molecule has 0 heterocycles. The van der Waals surface area contributed by atoms with Crippen molar-refractivity contribution in [3.63, 3.8) is 0 Å². The lowest BCUT2D eigenvalue weighted by atomic mass is 10.2. The molecule has 0 atom stereocenters. The summed E-state index contributed by atoms with van der Waals surface area (Å²) in [6.07, 6.45) is 0. The molecule has 7 heteroatoms. The predicted molar refractivity (Wildman–Crippen MR) is 56.4 cm³/mol. The molecule has 0 aliphatic heterocycles. The molecule has 6 nitrogen and oxygen atoms in total. The molecule has 2 amide bonds. The third-order valence-corrected chi connectivity index (χ3v) is 3.17. The van der Waals surface area contributed by atoms with Crippen LogP contribution in [0.3, 0.4) is 0 Å². The summed E-state index contributed by atoms with van der Waals surface area (Å²) in [6.45, 7) is 1.37. The van der Waals surface area contributed by atoms with Gasteiger partial charge in [-0.25, -0.2) is 17.9 Å². The van der Waals surface area contributed by atoms with E-state index in [-0.39, 0.29) is 10.7 Å². The maximum absolute atomic E-state index is 11.4. The van der Waals surface area contributed by atoms with E-state index in [0.29, 0.717) is 5.56 Å². The molecule has 16 heavy (non-hydrogen) atoms. The van der Waals surface area contributed by atoms with Crippen molar-refractivity contribution in [2.75, 3.05) is 0 Å². The van der Waals surface area contributed by atoms with Crippen molar-refractivity contribution >= 4 is 21.8 Å². The molecule has 86 valence electrons. The molecule has 0 saturated heterocycles. The summed E-state index contributed by atoms with van der Waals surface area (Å²) in [5.41, 5.74) is 5.10. The van der Waals surface area contributed by atoms with Crippen LogP contribution >= 0.6 is 0 Å². The molecule has 0 saturated carbocycles. The van der Waals surface area contributed by atoms with Crippen molar-refractivity contribution in [2.24, 2.45) is 5.73 Å². The zero-order valence-electron chi connectivity index (χ0n) is 8.43. The van der Waals surface area contributed by atoms with Gasteiger partial charge in [0.1, 0.15) is 0 Å². The maximum atomic E-state index is 11.4. The fraction of sp³-hybridized carbons (Fsp3) is 0.111. The van der Waals surface area contributed by atoms with Crippen molar-refractivity contribution < 1.29 is 18.0 Å². The fourth-order valence-corrected chi connectivity index (χ4v) is 1.94. The van der Waals surface area contributed by atoms with Crippen LogP contribution in [0, 0.1) is 0 Å². The lowest BCUT2D eigenvalue weighted by Crippen LogP contribution is -2.34. The molecule has 1 aromatic rings. The number of rotatable bonds is 3. The van der Waals surface area contributed by atoms with Crippen molar-refractivity contribution in [3.05, 3.63) is 29.8 Å². The zero-order chi connectivity index (χ0) is 12.3. The Morgan fingerprint density at radius 1 is 1.19 bits per heavy atom. The summed E-state index contributed by atoms with van der Waals surface area (Å²) >= 11 is 0. The monoisotopic (exact) mass is 242 g/mol. The number of amides is 2. The Hall–Kier alpha value is -1.89. The van der Waals surface area contributed by atoms with E-state index in [1.807, 2.05) is 0 Å². The molecular weight excluding hydrogens is 232 g/mol. The average molecular weight is 242 g/mol. The highest BCUT2D eigenvalue weighted by Crippen LogP contribution is 2.10. The molecule has 0 unspecified atom stereocenters. The normalized spacial score (nSPS) is 10.8. The Morgan fingerprint density at radius 3 is 2.06 bits per heavy atom. The Labute approximate surface area is 92.5 Å². The van der Waals surface area contributed by atoms with Crippen LogP contribution in [-0.2, 0) is 10.0 Å². The standard InChI is InChI=1S/C9H10N2O4S/c1-6(12)7-2-4-8(5-3-7)16(14,15)11-9(10)13/h2-5H,1H3,(H3,10,11,13). The molecule has 0 fully saturated rings. The molecule has 0 radical (unpaired) electrons. The van der Waals surface area contributed by atoms with Gasteiger partial charge in [0, 0.05) is 5.56 Å². The number of sulfonamides is 1. The van der Waals surface area contributed by atoms with Gasteiger partial charge < -0.3 is 5.73 Å². The minimum atomic E-state index is -3.94. The quantitative estimate of drug-likeness (QED) is 0.740. The van der Waals surface area contributed by atoms with Gasteiger partial charge in [-0.2, -0.15) is 0 Å². The van der Waals surface area contributed by atoms with E-state index >= 15 is 0 Å². The van der Waals surface area contributed by atoms with Crippen LogP contribution in [0.15, 0.2) is 29.2 Å². The number of benzene rings is 1. The first-order valence-electron chi connectivity index (χ1n) is 4.26. The summed E-state index contributed by atoms with van der Waals surface area (Å²) in [5, 5.41) is 0. The zero-order valence-corrected chi connectivity index (χ0v) is 9.24. The Kier molecular flexibility index (Phi) is 3.28. The van der Waals surface area contributed by atoms with Gasteiger partial charge in [-0.15, -0.1) is 0 Å². The number of carbonyl (C=O) groups is 2. The number of nitrogens with one attached hydrogen (secondary N) is 1. The Morgan fingerprint density at radius 2 is 1.69 bits per heavy atom. The minimum Gasteiger partial charge on any atom is -0.351 e. The van der Waals surface area contributed by atoms with Crippen LogP contribution in [-0.4, -0.2) is 20.2 Å². The van der Waals surface area contributed by atoms with Gasteiger partial charge in [0.2, 0.25) is 0 Å². The predicted octanol–water partition coefficient (Wildman–Crippen LogP) is 0.246. The highest BCUT2D eigenvalue weighted by molar-refractivity contribution is 7.90. The molecular formula is C9H10N2O4S. The topological polar surface area (TPSA) is 106 Å². The third kappa shape index (κ3) is 2.80. The number of urea groups is 1. The lowest BCUT2D eigenvalue weighted by molar-refractivity contribution is 0.101. The molecule has 1 aromatic carbocycles. The van der Waals surface area contributed by atoms with Gasteiger partial charge in [-0.05, 0) is 19.1 Å². The lowest BCUT2D eigenvalue weighted by Gasteiger charge is -2.04. The number of ketones is 1. The molecule has 0 aliphatic rings. The number of Topliss-reactive ketones (excluding diaryl/α,β-unsaturated/α-hetero) is 1. The number of carbonyl (C=O) groups excluding carboxylic acids is 2. The molecule has 0 aromatic heterocycles. The smallest absolute Gasteiger partial charge is 0.326 e. The second kappa shape index (κ2) is 4.31.